The molecule has 7 nitrogen and oxygen atoms in total. The molecule has 1 amide bonds. The van der Waals surface area contributed by atoms with E-state index in [9.17, 15) is 9.18 Å². The summed E-state index contributed by atoms with van der Waals surface area (Å²) in [5.41, 5.74) is -1.10. The number of hydrogen-bond donors (Lipinski definition) is 1. The van der Waals surface area contributed by atoms with Crippen LogP contribution in [0.1, 0.15) is 33.1 Å². The van der Waals surface area contributed by atoms with Crippen LogP contribution in [-0.4, -0.2) is 35.0 Å². The lowest BCUT2D eigenvalue weighted by Crippen LogP contribution is -2.48. The maximum atomic E-state index is 13.4. The van der Waals surface area contributed by atoms with Gasteiger partial charge in [0, 0.05) is 18.6 Å². The van der Waals surface area contributed by atoms with Crippen molar-refractivity contribution in [2.75, 3.05) is 13.2 Å². The van der Waals surface area contributed by atoms with Gasteiger partial charge in [0.15, 0.2) is 0 Å². The molecule has 0 bridgehead atoms. The number of amides is 1. The van der Waals surface area contributed by atoms with Crippen LogP contribution in [0.15, 0.2) is 28.8 Å². The maximum Gasteiger partial charge on any atom is 0.408 e. The summed E-state index contributed by atoms with van der Waals surface area (Å²) in [7, 11) is 0. The summed E-state index contributed by atoms with van der Waals surface area (Å²) in [6, 6.07) is 5.89. The Hall–Kier alpha value is -2.48. The van der Waals surface area contributed by atoms with E-state index in [0.717, 1.165) is 0 Å². The summed E-state index contributed by atoms with van der Waals surface area (Å²) in [4.78, 5) is 16.5. The van der Waals surface area contributed by atoms with Crippen molar-refractivity contribution in [1.82, 2.24) is 15.5 Å². The summed E-state index contributed by atoms with van der Waals surface area (Å²) in [5, 5.41) is 6.68. The molecule has 0 spiro atoms. The molecule has 3 rings (SSSR count). The first-order chi connectivity index (χ1) is 11.8. The van der Waals surface area contributed by atoms with Crippen LogP contribution in [0.3, 0.4) is 0 Å². The van der Waals surface area contributed by atoms with Crippen LogP contribution in [0.4, 0.5) is 9.18 Å². The predicted octanol–water partition coefficient (Wildman–Crippen LogP) is 3.02. The first kappa shape index (κ1) is 17.3. The van der Waals surface area contributed by atoms with E-state index >= 15 is 0 Å². The van der Waals surface area contributed by atoms with Crippen molar-refractivity contribution in [3.8, 4) is 11.4 Å². The van der Waals surface area contributed by atoms with Crippen LogP contribution in [0.5, 0.6) is 0 Å². The van der Waals surface area contributed by atoms with E-state index in [0.29, 0.717) is 18.6 Å². The van der Waals surface area contributed by atoms with Gasteiger partial charge in [0.1, 0.15) is 17.0 Å². The third kappa shape index (κ3) is 3.96. The maximum absolute atomic E-state index is 13.4. The smallest absolute Gasteiger partial charge is 0.408 e. The first-order valence-corrected chi connectivity index (χ1v) is 7.96. The average molecular weight is 349 g/mol. The summed E-state index contributed by atoms with van der Waals surface area (Å²) in [6.45, 7) is 5.96. The summed E-state index contributed by atoms with van der Waals surface area (Å²) in [6.07, 6.45) is -0.125. The highest BCUT2D eigenvalue weighted by Gasteiger charge is 2.44. The van der Waals surface area contributed by atoms with Crippen molar-refractivity contribution in [2.24, 2.45) is 0 Å². The highest BCUT2D eigenvalue weighted by atomic mass is 19.1. The molecule has 2 aromatic rings. The highest BCUT2D eigenvalue weighted by Crippen LogP contribution is 2.31. The molecule has 1 fully saturated rings. The Balaban J connectivity index is 1.85. The molecule has 1 aromatic carbocycles. The van der Waals surface area contributed by atoms with Crippen LogP contribution in [0.2, 0.25) is 0 Å². The molecule has 1 aliphatic heterocycles. The fourth-order valence-electron chi connectivity index (χ4n) is 2.55. The standard InChI is InChI=1S/C17H20FN3O4/c1-16(2,3)24-15(22)20-17(7-8-23-10-17)14-19-13(21-25-14)11-5-4-6-12(18)9-11/h4-6,9H,7-8,10H2,1-3H3,(H,20,22). The lowest BCUT2D eigenvalue weighted by atomic mass is 9.99. The van der Waals surface area contributed by atoms with Gasteiger partial charge in [-0.2, -0.15) is 4.98 Å². The Morgan fingerprint density at radius 3 is 2.84 bits per heavy atom. The van der Waals surface area contributed by atoms with E-state index in [2.05, 4.69) is 15.5 Å². The molecule has 8 heteroatoms. The second-order valence-corrected chi connectivity index (χ2v) is 6.95. The number of aromatic nitrogens is 2. The zero-order chi connectivity index (χ0) is 18.1. The topological polar surface area (TPSA) is 86.5 Å². The molecule has 1 aliphatic rings. The van der Waals surface area contributed by atoms with Gasteiger partial charge in [0.05, 0.1) is 6.61 Å². The van der Waals surface area contributed by atoms with Crippen molar-refractivity contribution < 1.29 is 23.2 Å². The molecular formula is C17H20FN3O4. The van der Waals surface area contributed by atoms with E-state index in [1.54, 1.807) is 32.9 Å². The summed E-state index contributed by atoms with van der Waals surface area (Å²) in [5.74, 6) is 0.0523. The fraction of sp³-hybridized carbons (Fsp3) is 0.471. The number of hydrogen-bond acceptors (Lipinski definition) is 6. The van der Waals surface area contributed by atoms with Gasteiger partial charge in [0.2, 0.25) is 5.82 Å². The van der Waals surface area contributed by atoms with Crippen molar-refractivity contribution in [3.63, 3.8) is 0 Å². The van der Waals surface area contributed by atoms with E-state index < -0.39 is 23.1 Å². The molecule has 0 saturated carbocycles. The Bertz CT molecular complexity index is 763. The van der Waals surface area contributed by atoms with Gasteiger partial charge in [-0.25, -0.2) is 9.18 Å². The van der Waals surface area contributed by atoms with Crippen LogP contribution < -0.4 is 5.32 Å². The van der Waals surface area contributed by atoms with Gasteiger partial charge < -0.3 is 19.3 Å². The number of ether oxygens (including phenoxy) is 2. The van der Waals surface area contributed by atoms with Crippen LogP contribution in [-0.2, 0) is 15.0 Å². The monoisotopic (exact) mass is 349 g/mol. The number of alkyl carbamates (subject to hydrolysis) is 1. The van der Waals surface area contributed by atoms with Crippen molar-refractivity contribution >= 4 is 6.09 Å². The van der Waals surface area contributed by atoms with E-state index in [1.165, 1.54) is 12.1 Å². The molecule has 2 heterocycles. The molecule has 1 saturated heterocycles. The van der Waals surface area contributed by atoms with Gasteiger partial charge in [-0.1, -0.05) is 17.3 Å². The molecular weight excluding hydrogens is 329 g/mol. The minimum absolute atomic E-state index is 0.191. The van der Waals surface area contributed by atoms with E-state index in [-0.39, 0.29) is 18.3 Å². The molecule has 1 atom stereocenters. The van der Waals surface area contributed by atoms with Crippen LogP contribution >= 0.6 is 0 Å². The average Bonchev–Trinajstić information content (AvgIpc) is 3.14. The summed E-state index contributed by atoms with van der Waals surface area (Å²) < 4.78 is 29.5. The number of benzene rings is 1. The van der Waals surface area contributed by atoms with Gasteiger partial charge in [-0.05, 0) is 32.9 Å². The zero-order valence-corrected chi connectivity index (χ0v) is 14.3. The van der Waals surface area contributed by atoms with Gasteiger partial charge in [-0.15, -0.1) is 0 Å². The fourth-order valence-corrected chi connectivity index (χ4v) is 2.55. The van der Waals surface area contributed by atoms with Crippen molar-refractivity contribution in [1.29, 1.82) is 0 Å². The molecule has 134 valence electrons. The SMILES string of the molecule is CC(C)(C)OC(=O)NC1(c2nc(-c3cccc(F)c3)no2)CCOC1. The van der Waals surface area contributed by atoms with Gasteiger partial charge in [-0.3, -0.25) is 0 Å². The lowest BCUT2D eigenvalue weighted by molar-refractivity contribution is 0.0408. The van der Waals surface area contributed by atoms with Crippen LogP contribution in [0, 0.1) is 5.82 Å². The number of carbonyl (C=O) groups excluding carboxylic acids is 1. The van der Waals surface area contributed by atoms with Crippen molar-refractivity contribution in [3.05, 3.63) is 36.0 Å². The van der Waals surface area contributed by atoms with E-state index in [1.807, 2.05) is 0 Å². The normalized spacial score (nSPS) is 20.5. The molecule has 0 aliphatic carbocycles. The third-order valence-corrected chi connectivity index (χ3v) is 3.68. The second-order valence-electron chi connectivity index (χ2n) is 6.95. The number of nitrogens with one attached hydrogen (secondary N) is 1. The van der Waals surface area contributed by atoms with Gasteiger partial charge >= 0.3 is 6.09 Å². The Kier molecular flexibility index (Phi) is 4.47. The highest BCUT2D eigenvalue weighted by molar-refractivity contribution is 5.69. The number of nitrogens with zero attached hydrogens (tertiary/aromatic N) is 2. The zero-order valence-electron chi connectivity index (χ0n) is 14.3. The Morgan fingerprint density at radius 1 is 1.40 bits per heavy atom. The largest absolute Gasteiger partial charge is 0.444 e. The van der Waals surface area contributed by atoms with E-state index in [4.69, 9.17) is 14.0 Å². The first-order valence-electron chi connectivity index (χ1n) is 7.96. The molecule has 1 unspecified atom stereocenters. The van der Waals surface area contributed by atoms with Gasteiger partial charge in [0.25, 0.3) is 5.89 Å². The third-order valence-electron chi connectivity index (χ3n) is 3.68. The number of halogens is 1. The number of carbonyl (C=O) groups is 1. The predicted molar refractivity (Wildman–Crippen MR) is 86.2 cm³/mol. The molecule has 0 radical (unpaired) electrons. The Labute approximate surface area is 144 Å². The van der Waals surface area contributed by atoms with Crippen LogP contribution in [0.25, 0.3) is 11.4 Å². The lowest BCUT2D eigenvalue weighted by Gasteiger charge is -2.27. The second kappa shape index (κ2) is 6.44. The Morgan fingerprint density at radius 2 is 2.20 bits per heavy atom. The number of rotatable bonds is 3. The summed E-state index contributed by atoms with van der Waals surface area (Å²) >= 11 is 0. The minimum Gasteiger partial charge on any atom is -0.444 e. The molecule has 1 N–H and O–H groups in total. The molecule has 1 aromatic heterocycles. The van der Waals surface area contributed by atoms with Crippen molar-refractivity contribution in [2.45, 2.75) is 38.3 Å². The molecule has 25 heavy (non-hydrogen) atoms. The minimum atomic E-state index is -0.957. The quantitative estimate of drug-likeness (QED) is 0.917.